The number of nitrogens with zero attached hydrogens (tertiary/aromatic N) is 12. The molecule has 5 aromatic rings. The molecule has 9 rings (SSSR count). The van der Waals surface area contributed by atoms with E-state index in [-0.39, 0.29) is 66.8 Å². The van der Waals surface area contributed by atoms with Crippen LogP contribution >= 0.6 is 23.4 Å². The Morgan fingerprint density at radius 2 is 1.71 bits per heavy atom. The first-order valence-corrected chi connectivity index (χ1v) is 28.2. The zero-order valence-electron chi connectivity index (χ0n) is 44.4. The molecule has 4 aliphatic heterocycles. The van der Waals surface area contributed by atoms with Gasteiger partial charge in [0, 0.05) is 93.2 Å². The number of nitrogens with two attached hydrogens (primary N) is 1. The molecule has 8 heterocycles. The number of anilines is 2. The zero-order valence-corrected chi connectivity index (χ0v) is 46.0. The Hall–Kier alpha value is -5.71. The minimum absolute atomic E-state index is 0.0540. The number of carbonyl (C=O) groups is 3. The van der Waals surface area contributed by atoms with Gasteiger partial charge in [-0.2, -0.15) is 5.10 Å². The first kappa shape index (κ1) is 55.1. The van der Waals surface area contributed by atoms with Crippen molar-refractivity contribution in [1.82, 2.24) is 59.7 Å². The number of carbonyl (C=O) groups excluding carboxylic acids is 3. The van der Waals surface area contributed by atoms with Gasteiger partial charge in [-0.3, -0.25) is 19.1 Å². The number of rotatable bonds is 18. The molecule has 3 amide bonds. The summed E-state index contributed by atoms with van der Waals surface area (Å²) in [5.41, 5.74) is 10.3. The molecule has 20 nitrogen and oxygen atoms in total. The molecule has 6 N–H and O–H groups in total. The molecule has 0 unspecified atom stereocenters. The van der Waals surface area contributed by atoms with Gasteiger partial charge in [0.25, 0.3) is 0 Å². The molecule has 0 saturated carbocycles. The van der Waals surface area contributed by atoms with Crippen LogP contribution in [0.1, 0.15) is 108 Å². The highest BCUT2D eigenvalue weighted by Crippen LogP contribution is 2.38. The normalized spacial score (nSPS) is 20.5. The van der Waals surface area contributed by atoms with E-state index in [0.29, 0.717) is 59.1 Å². The third-order valence-corrected chi connectivity index (χ3v) is 17.1. The maximum atomic E-state index is 14.4. The quantitative estimate of drug-likeness (QED) is 0.0729. The summed E-state index contributed by atoms with van der Waals surface area (Å²) >= 11 is 8.33. The number of piperidine rings is 3. The number of amides is 3. The molecule has 0 radical (unpaired) electrons. The average Bonchev–Trinajstić information content (AvgIpc) is 4.19. The predicted octanol–water partition coefficient (Wildman–Crippen LogP) is 5.49. The highest BCUT2D eigenvalue weighted by atomic mass is 35.5. The van der Waals surface area contributed by atoms with Gasteiger partial charge in [-0.05, 0) is 108 Å². The molecule has 408 valence electrons. The molecule has 4 saturated heterocycles. The van der Waals surface area contributed by atoms with Crippen LogP contribution in [-0.2, 0) is 27.5 Å². The monoisotopic (exact) mass is 1080 g/mol. The number of hydrogen-bond acceptors (Lipinski definition) is 16. The molecule has 1 aromatic carbocycles. The molecule has 4 atom stereocenters. The second kappa shape index (κ2) is 24.3. The van der Waals surface area contributed by atoms with Crippen molar-refractivity contribution in [2.24, 2.45) is 17.6 Å². The lowest BCUT2D eigenvalue weighted by atomic mass is 9.91. The number of aryl methyl sites for hydroxylation is 2. The second-order valence-corrected chi connectivity index (χ2v) is 23.1. The number of hydrogen-bond donors (Lipinski definition) is 5. The summed E-state index contributed by atoms with van der Waals surface area (Å²) in [6.07, 6.45) is 11.5. The average molecular weight is 1080 g/mol. The van der Waals surface area contributed by atoms with E-state index in [2.05, 4.69) is 66.8 Å². The summed E-state index contributed by atoms with van der Waals surface area (Å²) in [5, 5.41) is 41.8. The van der Waals surface area contributed by atoms with Gasteiger partial charge >= 0.3 is 0 Å². The van der Waals surface area contributed by atoms with Crippen LogP contribution in [0.15, 0.2) is 71.1 Å². The third-order valence-electron chi connectivity index (χ3n) is 15.6. The van der Waals surface area contributed by atoms with Crippen LogP contribution in [0, 0.1) is 18.8 Å². The Balaban J connectivity index is 0.782. The molecule has 0 aliphatic carbocycles. The highest BCUT2D eigenvalue weighted by molar-refractivity contribution is 7.99. The van der Waals surface area contributed by atoms with E-state index in [1.165, 1.54) is 16.7 Å². The summed E-state index contributed by atoms with van der Waals surface area (Å²) in [7, 11) is 0. The van der Waals surface area contributed by atoms with Gasteiger partial charge in [0.05, 0.1) is 41.4 Å². The number of nitrogens with one attached hydrogen (secondary N) is 2. The summed E-state index contributed by atoms with van der Waals surface area (Å²) in [6.45, 7) is 15.4. The highest BCUT2D eigenvalue weighted by Gasteiger charge is 2.43. The lowest BCUT2D eigenvalue weighted by Crippen LogP contribution is -2.50. The molecule has 0 spiro atoms. The molecular formula is C54H74ClN15O5S. The number of pyridine rings is 1. The smallest absolute Gasteiger partial charge is 0.248 e. The van der Waals surface area contributed by atoms with E-state index < -0.39 is 18.2 Å². The first-order valence-electron chi connectivity index (χ1n) is 27.0. The van der Waals surface area contributed by atoms with Crippen molar-refractivity contribution in [3.05, 3.63) is 83.2 Å². The van der Waals surface area contributed by atoms with Gasteiger partial charge in [-0.15, -0.1) is 5.10 Å². The van der Waals surface area contributed by atoms with Gasteiger partial charge in [0.2, 0.25) is 17.7 Å². The SMILES string of the molecule is CCn1nccc1-c1ccc([C@H](CCN2CCC(C(=O)N3CCC(Nc4nccc(Sc5cnc(N6CCC(C)(N)CC6)c(CO)n5)c4Cl)CC3)CC2)NC(=O)[C@@H]2C[C@@H](O)CN2C(=O)[C@H](C(C)C)n2cc(C)nn2)cc1. The lowest BCUT2D eigenvalue weighted by molar-refractivity contribution is -0.142. The maximum Gasteiger partial charge on any atom is 0.248 e. The van der Waals surface area contributed by atoms with E-state index in [4.69, 9.17) is 27.3 Å². The fraction of sp³-hybridized carbons (Fsp3) is 0.574. The predicted molar refractivity (Wildman–Crippen MR) is 291 cm³/mol. The van der Waals surface area contributed by atoms with E-state index in [9.17, 15) is 24.6 Å². The second-order valence-electron chi connectivity index (χ2n) is 21.6. The fourth-order valence-corrected chi connectivity index (χ4v) is 12.3. The Labute approximate surface area is 454 Å². The number of β-amino-alcohol motifs (C(OH)–C–C–N with tert-alkyl or cyclic N) is 1. The molecule has 4 aliphatic rings. The van der Waals surface area contributed by atoms with Crippen molar-refractivity contribution in [3.8, 4) is 11.3 Å². The third kappa shape index (κ3) is 12.8. The van der Waals surface area contributed by atoms with Crippen LogP contribution in [0.5, 0.6) is 0 Å². The van der Waals surface area contributed by atoms with Crippen molar-refractivity contribution < 1.29 is 24.6 Å². The molecule has 22 heteroatoms. The minimum atomic E-state index is -0.858. The van der Waals surface area contributed by atoms with Gasteiger partial charge in [0.15, 0.2) is 5.82 Å². The number of aromatic nitrogens is 8. The first-order chi connectivity index (χ1) is 36.6. The number of likely N-dealkylation sites (tertiary alicyclic amines) is 3. The fourth-order valence-electron chi connectivity index (χ4n) is 11.2. The molecule has 4 aromatic heterocycles. The van der Waals surface area contributed by atoms with Crippen molar-refractivity contribution in [2.45, 2.75) is 145 Å². The topological polar surface area (TPSA) is 242 Å². The van der Waals surface area contributed by atoms with Crippen molar-refractivity contribution >= 4 is 52.7 Å². The Bertz CT molecular complexity index is 2780. The number of benzene rings is 1. The maximum absolute atomic E-state index is 14.4. The van der Waals surface area contributed by atoms with Gasteiger partial charge in [0.1, 0.15) is 28.6 Å². The van der Waals surface area contributed by atoms with Gasteiger partial charge < -0.3 is 46.2 Å². The Morgan fingerprint density at radius 1 is 0.974 bits per heavy atom. The Kier molecular flexibility index (Phi) is 17.6. The molecule has 4 fully saturated rings. The van der Waals surface area contributed by atoms with Crippen molar-refractivity contribution in [1.29, 1.82) is 0 Å². The lowest BCUT2D eigenvalue weighted by Gasteiger charge is -2.38. The summed E-state index contributed by atoms with van der Waals surface area (Å²) in [5.74, 6) is 0.678. The van der Waals surface area contributed by atoms with E-state index in [1.807, 2.05) is 54.6 Å². The zero-order chi connectivity index (χ0) is 53.7. The molecule has 0 bridgehead atoms. The largest absolute Gasteiger partial charge is 0.391 e. The van der Waals surface area contributed by atoms with Crippen molar-refractivity contribution in [3.63, 3.8) is 0 Å². The van der Waals surface area contributed by atoms with Crippen LogP contribution in [0.2, 0.25) is 5.02 Å². The number of halogens is 1. The van der Waals surface area contributed by atoms with Gasteiger partial charge in [-0.25, -0.2) is 19.6 Å². The Morgan fingerprint density at radius 3 is 2.38 bits per heavy atom. The van der Waals surface area contributed by atoms with Crippen LogP contribution in [-0.4, -0.2) is 158 Å². The van der Waals surface area contributed by atoms with E-state index in [0.717, 1.165) is 93.0 Å². The van der Waals surface area contributed by atoms with Crippen LogP contribution in [0.4, 0.5) is 11.6 Å². The summed E-state index contributed by atoms with van der Waals surface area (Å²) in [6, 6.07) is 10.2. The van der Waals surface area contributed by atoms with E-state index >= 15 is 0 Å². The summed E-state index contributed by atoms with van der Waals surface area (Å²) < 4.78 is 3.51. The van der Waals surface area contributed by atoms with Crippen LogP contribution in [0.25, 0.3) is 11.3 Å². The molecular weight excluding hydrogens is 1010 g/mol. The van der Waals surface area contributed by atoms with Crippen molar-refractivity contribution in [2.75, 3.05) is 62.6 Å². The molecule has 76 heavy (non-hydrogen) atoms. The van der Waals surface area contributed by atoms with Crippen LogP contribution < -0.4 is 21.3 Å². The van der Waals surface area contributed by atoms with E-state index in [1.54, 1.807) is 29.5 Å². The number of aliphatic hydroxyl groups is 2. The van der Waals surface area contributed by atoms with Crippen LogP contribution in [0.3, 0.4) is 0 Å². The standard InChI is InChI=1S/C54H74ClN15O5S/c1-6-69-43(11-21-59-69)37-9-7-36(8-10-37)41(62-51(73)44-29-40(72)32-68(44)53(75)48(34(2)3)70-31-35(4)63-64-70)17-24-65-22-13-38(14-23-65)52(74)67-25-15-39(16-26-67)60-49-47(55)45(12-20-57-49)76-46-30-58-50(42(33-71)61-46)66-27-18-54(5,56)19-28-66/h7-12,20-21,30-31,34,38-41,44,48,71-72H,6,13-19,22-29,32-33,56H2,1-5H3,(H,57,60)(H,62,73)/t40-,41+,44+,48+/m1/s1. The van der Waals surface area contributed by atoms with Gasteiger partial charge in [-0.1, -0.05) is 66.7 Å². The minimum Gasteiger partial charge on any atom is -0.391 e. The number of aliphatic hydroxyl groups excluding tert-OH is 2. The summed E-state index contributed by atoms with van der Waals surface area (Å²) in [4.78, 5) is 65.4.